The van der Waals surface area contributed by atoms with E-state index >= 15 is 0 Å². The summed E-state index contributed by atoms with van der Waals surface area (Å²) in [6, 6.07) is 8.99. The number of rotatable bonds is 8. The van der Waals surface area contributed by atoms with Crippen LogP contribution >= 0.6 is 34.7 Å². The maximum Gasteiger partial charge on any atom is 0.235 e. The van der Waals surface area contributed by atoms with Crippen molar-refractivity contribution in [2.24, 2.45) is 0 Å². The van der Waals surface area contributed by atoms with Crippen LogP contribution in [0.1, 0.15) is 33.5 Å². The maximum atomic E-state index is 12.3. The van der Waals surface area contributed by atoms with Gasteiger partial charge in [0.1, 0.15) is 23.4 Å². The number of H-pyrrole nitrogens is 1. The highest BCUT2D eigenvalue weighted by Gasteiger charge is 2.19. The first-order valence-corrected chi connectivity index (χ1v) is 10.8. The standard InChI is InChI=1S/C19H16ClN5O3S2/c1-10-14(7-21)18(30-17(10)11(2)26)23-16(27)9-29-19-22-15(24-25-19)8-28-13-5-3-12(20)4-6-13/h3-6H,8-9H2,1-2H3,(H,23,27)(H,22,24,25). The van der Waals surface area contributed by atoms with E-state index in [9.17, 15) is 14.9 Å². The van der Waals surface area contributed by atoms with Gasteiger partial charge >= 0.3 is 0 Å². The Labute approximate surface area is 185 Å². The van der Waals surface area contributed by atoms with Crippen LogP contribution in [0.15, 0.2) is 29.4 Å². The average molecular weight is 462 g/mol. The summed E-state index contributed by atoms with van der Waals surface area (Å²) in [5, 5.41) is 20.2. The SMILES string of the molecule is CC(=O)c1sc(NC(=O)CSc2n[nH]c(COc3ccc(Cl)cc3)n2)c(C#N)c1C. The molecule has 0 radical (unpaired) electrons. The highest BCUT2D eigenvalue weighted by Crippen LogP contribution is 2.33. The number of aromatic amines is 1. The number of thioether (sulfide) groups is 1. The van der Waals surface area contributed by atoms with Gasteiger partial charge in [-0.3, -0.25) is 14.7 Å². The zero-order valence-corrected chi connectivity index (χ0v) is 18.4. The molecule has 0 unspecified atom stereocenters. The quantitative estimate of drug-likeness (QED) is 0.380. The molecule has 30 heavy (non-hydrogen) atoms. The smallest absolute Gasteiger partial charge is 0.235 e. The van der Waals surface area contributed by atoms with Gasteiger partial charge in [-0.2, -0.15) is 5.26 Å². The third-order valence-electron chi connectivity index (χ3n) is 3.86. The van der Waals surface area contributed by atoms with E-state index < -0.39 is 0 Å². The molecular weight excluding hydrogens is 446 g/mol. The summed E-state index contributed by atoms with van der Waals surface area (Å²) in [5.74, 6) is 0.745. The largest absolute Gasteiger partial charge is 0.486 e. The number of nitrogens with one attached hydrogen (secondary N) is 2. The molecule has 0 atom stereocenters. The van der Waals surface area contributed by atoms with E-state index in [4.69, 9.17) is 16.3 Å². The van der Waals surface area contributed by atoms with E-state index in [-0.39, 0.29) is 24.1 Å². The van der Waals surface area contributed by atoms with Crippen LogP contribution in [-0.4, -0.2) is 32.6 Å². The number of nitriles is 1. The van der Waals surface area contributed by atoms with E-state index in [0.29, 0.717) is 42.8 Å². The lowest BCUT2D eigenvalue weighted by Crippen LogP contribution is -2.14. The Morgan fingerprint density at radius 2 is 2.10 bits per heavy atom. The van der Waals surface area contributed by atoms with Gasteiger partial charge in [0.15, 0.2) is 11.6 Å². The molecule has 0 saturated heterocycles. The normalized spacial score (nSPS) is 10.5. The summed E-state index contributed by atoms with van der Waals surface area (Å²) < 4.78 is 5.59. The van der Waals surface area contributed by atoms with Gasteiger partial charge in [0.2, 0.25) is 11.1 Å². The number of thiophene rings is 1. The summed E-state index contributed by atoms with van der Waals surface area (Å²) in [6.07, 6.45) is 0. The van der Waals surface area contributed by atoms with E-state index in [1.165, 1.54) is 6.92 Å². The average Bonchev–Trinajstić information content (AvgIpc) is 3.30. The minimum atomic E-state index is -0.323. The van der Waals surface area contributed by atoms with Gasteiger partial charge in [-0.25, -0.2) is 4.98 Å². The predicted octanol–water partition coefficient (Wildman–Crippen LogP) is 4.21. The molecule has 0 saturated carbocycles. The molecule has 1 aromatic carbocycles. The summed E-state index contributed by atoms with van der Waals surface area (Å²) in [5.41, 5.74) is 0.889. The Hall–Kier alpha value is -2.87. The Kier molecular flexibility index (Phi) is 7.10. The second-order valence-corrected chi connectivity index (χ2v) is 8.47. The van der Waals surface area contributed by atoms with Crippen LogP contribution < -0.4 is 10.1 Å². The number of nitrogens with zero attached hydrogens (tertiary/aromatic N) is 3. The lowest BCUT2D eigenvalue weighted by Gasteiger charge is -2.03. The fourth-order valence-electron chi connectivity index (χ4n) is 2.45. The Morgan fingerprint density at radius 1 is 1.37 bits per heavy atom. The number of hydrogen-bond acceptors (Lipinski definition) is 8. The number of carbonyl (C=O) groups excluding carboxylic acids is 2. The molecule has 2 N–H and O–H groups in total. The molecule has 11 heteroatoms. The number of amides is 1. The van der Waals surface area contributed by atoms with Crippen LogP contribution in [0, 0.1) is 18.3 Å². The number of Topliss-reactive ketones (excluding diaryl/α,β-unsaturated/α-hetero) is 1. The number of aromatic nitrogens is 3. The van der Waals surface area contributed by atoms with Crippen molar-refractivity contribution in [3.8, 4) is 11.8 Å². The molecule has 2 aromatic heterocycles. The van der Waals surface area contributed by atoms with Crippen LogP contribution in [0.5, 0.6) is 5.75 Å². The molecule has 2 heterocycles. The van der Waals surface area contributed by atoms with Crippen LogP contribution in [0.3, 0.4) is 0 Å². The van der Waals surface area contributed by atoms with Crippen LogP contribution in [0.4, 0.5) is 5.00 Å². The first kappa shape index (κ1) is 21.8. The number of anilines is 1. The Bertz CT molecular complexity index is 1120. The first-order chi connectivity index (χ1) is 14.4. The molecule has 0 aliphatic carbocycles. The van der Waals surface area contributed by atoms with Gasteiger partial charge in [0.25, 0.3) is 0 Å². The molecule has 1 amide bonds. The van der Waals surface area contributed by atoms with Gasteiger partial charge in [-0.15, -0.1) is 16.4 Å². The van der Waals surface area contributed by atoms with Crippen molar-refractivity contribution in [3.05, 3.63) is 51.1 Å². The number of ether oxygens (including phenoxy) is 1. The van der Waals surface area contributed by atoms with Crippen molar-refractivity contribution in [2.75, 3.05) is 11.1 Å². The van der Waals surface area contributed by atoms with E-state index in [1.807, 2.05) is 6.07 Å². The van der Waals surface area contributed by atoms with Gasteiger partial charge in [0, 0.05) is 5.02 Å². The molecule has 0 spiro atoms. The second kappa shape index (κ2) is 9.75. The highest BCUT2D eigenvalue weighted by atomic mass is 35.5. The number of hydrogen-bond donors (Lipinski definition) is 2. The minimum absolute atomic E-state index is 0.0482. The van der Waals surface area contributed by atoms with Crippen LogP contribution in [0.2, 0.25) is 5.02 Å². The van der Waals surface area contributed by atoms with Crippen molar-refractivity contribution < 1.29 is 14.3 Å². The van der Waals surface area contributed by atoms with E-state index in [0.717, 1.165) is 23.1 Å². The molecule has 0 aliphatic heterocycles. The van der Waals surface area contributed by atoms with Crippen LogP contribution in [-0.2, 0) is 11.4 Å². The van der Waals surface area contributed by atoms with Crippen molar-refractivity contribution >= 4 is 51.4 Å². The van der Waals surface area contributed by atoms with Crippen LogP contribution in [0.25, 0.3) is 0 Å². The lowest BCUT2D eigenvalue weighted by atomic mass is 10.1. The molecular formula is C19H16ClN5O3S2. The molecule has 3 aromatic rings. The summed E-state index contributed by atoms with van der Waals surface area (Å²) in [4.78, 5) is 28.7. The number of ketones is 1. The first-order valence-electron chi connectivity index (χ1n) is 8.64. The minimum Gasteiger partial charge on any atom is -0.486 e. The summed E-state index contributed by atoms with van der Waals surface area (Å²) >= 11 is 8.08. The summed E-state index contributed by atoms with van der Waals surface area (Å²) in [6.45, 7) is 3.31. The van der Waals surface area contributed by atoms with Gasteiger partial charge < -0.3 is 10.1 Å². The lowest BCUT2D eigenvalue weighted by molar-refractivity contribution is -0.113. The fraction of sp³-hybridized carbons (Fsp3) is 0.211. The fourth-order valence-corrected chi connectivity index (χ4v) is 4.27. The van der Waals surface area contributed by atoms with E-state index in [2.05, 4.69) is 20.5 Å². The zero-order chi connectivity index (χ0) is 21.7. The van der Waals surface area contributed by atoms with Crippen molar-refractivity contribution in [2.45, 2.75) is 25.6 Å². The molecule has 0 bridgehead atoms. The topological polar surface area (TPSA) is 121 Å². The molecule has 0 fully saturated rings. The van der Waals surface area contributed by atoms with Gasteiger partial charge in [-0.1, -0.05) is 23.4 Å². The molecule has 154 valence electrons. The van der Waals surface area contributed by atoms with Crippen molar-refractivity contribution in [1.82, 2.24) is 15.2 Å². The van der Waals surface area contributed by atoms with E-state index in [1.54, 1.807) is 31.2 Å². The Morgan fingerprint density at radius 3 is 2.77 bits per heavy atom. The monoisotopic (exact) mass is 461 g/mol. The number of benzene rings is 1. The second-order valence-electron chi connectivity index (χ2n) is 6.07. The van der Waals surface area contributed by atoms with Gasteiger partial charge in [-0.05, 0) is 43.7 Å². The summed E-state index contributed by atoms with van der Waals surface area (Å²) in [7, 11) is 0. The molecule has 8 nitrogen and oxygen atoms in total. The van der Waals surface area contributed by atoms with Crippen molar-refractivity contribution in [3.63, 3.8) is 0 Å². The van der Waals surface area contributed by atoms with Crippen molar-refractivity contribution in [1.29, 1.82) is 5.26 Å². The zero-order valence-electron chi connectivity index (χ0n) is 16.0. The maximum absolute atomic E-state index is 12.3. The predicted molar refractivity (Wildman–Crippen MR) is 115 cm³/mol. The third-order valence-corrected chi connectivity index (χ3v) is 6.27. The third kappa shape index (κ3) is 5.38. The molecule has 0 aliphatic rings. The number of halogens is 1. The highest BCUT2D eigenvalue weighted by molar-refractivity contribution is 7.99. The Balaban J connectivity index is 1.53. The number of carbonyl (C=O) groups is 2. The molecule has 3 rings (SSSR count). The van der Waals surface area contributed by atoms with Gasteiger partial charge in [0.05, 0.1) is 16.2 Å².